The topological polar surface area (TPSA) is 73.9 Å². The van der Waals surface area contributed by atoms with Gasteiger partial charge in [-0.25, -0.2) is 4.79 Å². The van der Waals surface area contributed by atoms with Gasteiger partial charge in [0, 0.05) is 6.54 Å². The minimum atomic E-state index is -0.632. The van der Waals surface area contributed by atoms with Gasteiger partial charge in [-0.1, -0.05) is 31.4 Å². The number of fused-ring (bicyclic) bond motifs is 1. The lowest BCUT2D eigenvalue weighted by molar-refractivity contribution is -0.124. The van der Waals surface area contributed by atoms with E-state index in [2.05, 4.69) is 12.2 Å². The number of hydrogen-bond acceptors (Lipinski definition) is 5. The molecule has 0 aliphatic carbocycles. The van der Waals surface area contributed by atoms with Crippen LogP contribution in [0.1, 0.15) is 36.5 Å². The normalized spacial score (nSPS) is 12.6. The highest BCUT2D eigenvalue weighted by Gasteiger charge is 2.20. The maximum absolute atomic E-state index is 12.0. The molecule has 1 N–H and O–H groups in total. The Labute approximate surface area is 140 Å². The summed E-state index contributed by atoms with van der Waals surface area (Å²) in [5.74, 6) is -0.131. The number of hydrogen-bond donors (Lipinski definition) is 1. The molecule has 6 nitrogen and oxygen atoms in total. The molecule has 1 aliphatic rings. The van der Waals surface area contributed by atoms with Crippen LogP contribution in [0.3, 0.4) is 0 Å². The smallest absolute Gasteiger partial charge is 0.338 e. The van der Waals surface area contributed by atoms with Crippen LogP contribution >= 0.6 is 11.6 Å². The lowest BCUT2D eigenvalue weighted by Crippen LogP contribution is -2.29. The quantitative estimate of drug-likeness (QED) is 0.609. The Balaban J connectivity index is 1.86. The molecule has 7 heteroatoms. The molecule has 0 radical (unpaired) electrons. The Kier molecular flexibility index (Phi) is 6.52. The number of rotatable bonds is 7. The van der Waals surface area contributed by atoms with Crippen LogP contribution in [-0.4, -0.2) is 38.2 Å². The molecule has 0 spiro atoms. The van der Waals surface area contributed by atoms with Crippen LogP contribution in [0.25, 0.3) is 0 Å². The average Bonchev–Trinajstić information content (AvgIpc) is 2.56. The van der Waals surface area contributed by atoms with Gasteiger partial charge in [0.05, 0.1) is 10.6 Å². The van der Waals surface area contributed by atoms with Gasteiger partial charge in [-0.15, -0.1) is 0 Å². The SMILES string of the molecule is CCCCCNC(=O)COC(=O)c1cc(Cl)c2c(c1)OCCO2. The Bertz CT molecular complexity index is 576. The molecule has 0 bridgehead atoms. The average molecular weight is 342 g/mol. The minimum Gasteiger partial charge on any atom is -0.486 e. The van der Waals surface area contributed by atoms with E-state index < -0.39 is 5.97 Å². The first-order valence-electron chi connectivity index (χ1n) is 7.64. The van der Waals surface area contributed by atoms with Gasteiger partial charge in [0.15, 0.2) is 18.1 Å². The second-order valence-electron chi connectivity index (χ2n) is 5.12. The molecule has 0 aromatic heterocycles. The van der Waals surface area contributed by atoms with Crippen molar-refractivity contribution in [1.29, 1.82) is 0 Å². The van der Waals surface area contributed by atoms with Crippen molar-refractivity contribution >= 4 is 23.5 Å². The maximum Gasteiger partial charge on any atom is 0.338 e. The minimum absolute atomic E-state index is 0.220. The maximum atomic E-state index is 12.0. The van der Waals surface area contributed by atoms with Gasteiger partial charge < -0.3 is 19.5 Å². The Morgan fingerprint density at radius 2 is 2.04 bits per heavy atom. The fourth-order valence-corrected chi connectivity index (χ4v) is 2.36. The zero-order valence-electron chi connectivity index (χ0n) is 13.0. The van der Waals surface area contributed by atoms with Crippen molar-refractivity contribution in [1.82, 2.24) is 5.32 Å². The zero-order valence-corrected chi connectivity index (χ0v) is 13.8. The summed E-state index contributed by atoms with van der Waals surface area (Å²) < 4.78 is 15.8. The molecule has 1 aromatic rings. The molecule has 1 aliphatic heterocycles. The molecule has 0 saturated carbocycles. The standard InChI is InChI=1S/C16H20ClNO5/c1-2-3-4-5-18-14(19)10-23-16(20)11-8-12(17)15-13(9-11)21-6-7-22-15/h8-9H,2-7,10H2,1H3,(H,18,19). The largest absolute Gasteiger partial charge is 0.486 e. The summed E-state index contributed by atoms with van der Waals surface area (Å²) in [5, 5.41) is 2.97. The lowest BCUT2D eigenvalue weighted by Gasteiger charge is -2.19. The second kappa shape index (κ2) is 8.62. The van der Waals surface area contributed by atoms with Gasteiger partial charge >= 0.3 is 5.97 Å². The number of unbranched alkanes of at least 4 members (excludes halogenated alkanes) is 2. The Hall–Kier alpha value is -1.95. The summed E-state index contributed by atoms with van der Waals surface area (Å²) in [6.07, 6.45) is 3.04. The van der Waals surface area contributed by atoms with Crippen molar-refractivity contribution < 1.29 is 23.8 Å². The van der Waals surface area contributed by atoms with E-state index in [9.17, 15) is 9.59 Å². The third-order valence-electron chi connectivity index (χ3n) is 3.27. The Morgan fingerprint density at radius 1 is 1.26 bits per heavy atom. The van der Waals surface area contributed by atoms with E-state index in [0.29, 0.717) is 31.3 Å². The number of esters is 1. The Morgan fingerprint density at radius 3 is 2.83 bits per heavy atom. The first kappa shape index (κ1) is 17.4. The van der Waals surface area contributed by atoms with Gasteiger partial charge in [0.1, 0.15) is 13.2 Å². The molecule has 126 valence electrons. The fraction of sp³-hybridized carbons (Fsp3) is 0.500. The number of carbonyl (C=O) groups excluding carboxylic acids is 2. The number of ether oxygens (including phenoxy) is 3. The molecule has 2 rings (SSSR count). The summed E-state index contributed by atoms with van der Waals surface area (Å²) in [5.41, 5.74) is 0.220. The van der Waals surface area contributed by atoms with Crippen molar-refractivity contribution in [3.63, 3.8) is 0 Å². The monoisotopic (exact) mass is 341 g/mol. The van der Waals surface area contributed by atoms with Crippen LogP contribution in [0.2, 0.25) is 5.02 Å². The van der Waals surface area contributed by atoms with Crippen LogP contribution < -0.4 is 14.8 Å². The second-order valence-corrected chi connectivity index (χ2v) is 5.52. The molecule has 0 saturated heterocycles. The van der Waals surface area contributed by atoms with Crippen molar-refractivity contribution in [2.75, 3.05) is 26.4 Å². The number of amides is 1. The van der Waals surface area contributed by atoms with Gasteiger partial charge in [-0.3, -0.25) is 4.79 Å². The third kappa shape index (κ3) is 5.03. The molecular weight excluding hydrogens is 322 g/mol. The summed E-state index contributed by atoms with van der Waals surface area (Å²) in [6, 6.07) is 2.94. The third-order valence-corrected chi connectivity index (χ3v) is 3.55. The van der Waals surface area contributed by atoms with E-state index in [0.717, 1.165) is 19.3 Å². The molecule has 1 aromatic carbocycles. The highest BCUT2D eigenvalue weighted by Crippen LogP contribution is 2.38. The van der Waals surface area contributed by atoms with Crippen LogP contribution in [0.5, 0.6) is 11.5 Å². The van der Waals surface area contributed by atoms with Crippen LogP contribution in [0, 0.1) is 0 Å². The molecule has 1 amide bonds. The highest BCUT2D eigenvalue weighted by atomic mass is 35.5. The van der Waals surface area contributed by atoms with Crippen LogP contribution in [0.15, 0.2) is 12.1 Å². The van der Waals surface area contributed by atoms with Crippen LogP contribution in [-0.2, 0) is 9.53 Å². The number of benzene rings is 1. The lowest BCUT2D eigenvalue weighted by atomic mass is 10.2. The number of carbonyl (C=O) groups is 2. The number of halogens is 1. The van der Waals surface area contributed by atoms with E-state index in [1.54, 1.807) is 0 Å². The van der Waals surface area contributed by atoms with Crippen LogP contribution in [0.4, 0.5) is 0 Å². The summed E-state index contributed by atoms with van der Waals surface area (Å²) in [4.78, 5) is 23.6. The molecule has 1 heterocycles. The van der Waals surface area contributed by atoms with Gasteiger partial charge in [0.2, 0.25) is 0 Å². The summed E-state index contributed by atoms with van der Waals surface area (Å²) in [6.45, 7) is 3.15. The van der Waals surface area contributed by atoms with E-state index in [-0.39, 0.29) is 23.1 Å². The summed E-state index contributed by atoms with van der Waals surface area (Å²) in [7, 11) is 0. The van der Waals surface area contributed by atoms with Gasteiger partial charge in [-0.05, 0) is 18.6 Å². The molecule has 0 fully saturated rings. The predicted molar refractivity (Wildman–Crippen MR) is 85.3 cm³/mol. The molecule has 0 atom stereocenters. The van der Waals surface area contributed by atoms with Crippen molar-refractivity contribution in [2.24, 2.45) is 0 Å². The van der Waals surface area contributed by atoms with E-state index >= 15 is 0 Å². The predicted octanol–water partition coefficient (Wildman–Crippen LogP) is 2.57. The van der Waals surface area contributed by atoms with E-state index in [1.165, 1.54) is 12.1 Å². The highest BCUT2D eigenvalue weighted by molar-refractivity contribution is 6.32. The first-order valence-corrected chi connectivity index (χ1v) is 8.02. The molecule has 0 unspecified atom stereocenters. The fourth-order valence-electron chi connectivity index (χ4n) is 2.10. The van der Waals surface area contributed by atoms with E-state index in [1.807, 2.05) is 0 Å². The van der Waals surface area contributed by atoms with Gasteiger partial charge in [0.25, 0.3) is 5.91 Å². The van der Waals surface area contributed by atoms with Crippen molar-refractivity contribution in [2.45, 2.75) is 26.2 Å². The number of nitrogens with one attached hydrogen (secondary N) is 1. The van der Waals surface area contributed by atoms with Crippen molar-refractivity contribution in [3.8, 4) is 11.5 Å². The molecular formula is C16H20ClNO5. The molecule has 23 heavy (non-hydrogen) atoms. The van der Waals surface area contributed by atoms with E-state index in [4.69, 9.17) is 25.8 Å². The zero-order chi connectivity index (χ0) is 16.7. The summed E-state index contributed by atoms with van der Waals surface area (Å²) >= 11 is 6.06. The van der Waals surface area contributed by atoms with Gasteiger partial charge in [-0.2, -0.15) is 0 Å². The first-order chi connectivity index (χ1) is 11.1. The van der Waals surface area contributed by atoms with Crippen molar-refractivity contribution in [3.05, 3.63) is 22.7 Å².